The maximum atomic E-state index is 13.2. The van der Waals surface area contributed by atoms with Crippen molar-refractivity contribution in [3.05, 3.63) is 16.3 Å². The lowest BCUT2D eigenvalue weighted by Crippen LogP contribution is -2.52. The van der Waals surface area contributed by atoms with Gasteiger partial charge in [0.05, 0.1) is 11.3 Å². The van der Waals surface area contributed by atoms with Gasteiger partial charge in [-0.15, -0.1) is 11.3 Å². The van der Waals surface area contributed by atoms with Crippen molar-refractivity contribution in [1.29, 1.82) is 5.26 Å². The molecule has 4 rings (SSSR count). The van der Waals surface area contributed by atoms with Crippen molar-refractivity contribution >= 4 is 39.2 Å². The molecule has 1 fully saturated rings. The number of fused-ring (bicyclic) bond motifs is 3. The van der Waals surface area contributed by atoms with Gasteiger partial charge in [-0.3, -0.25) is 4.79 Å². The molecular formula is C21H26N4OS2. The summed E-state index contributed by atoms with van der Waals surface area (Å²) < 4.78 is 0. The zero-order chi connectivity index (χ0) is 19.9. The van der Waals surface area contributed by atoms with Crippen LogP contribution in [0, 0.1) is 18.3 Å². The summed E-state index contributed by atoms with van der Waals surface area (Å²) in [5, 5.41) is 11.6. The van der Waals surface area contributed by atoms with E-state index in [1.165, 1.54) is 28.6 Å². The van der Waals surface area contributed by atoms with Gasteiger partial charge >= 0.3 is 0 Å². The van der Waals surface area contributed by atoms with E-state index in [0.717, 1.165) is 66.0 Å². The van der Waals surface area contributed by atoms with Gasteiger partial charge in [0.1, 0.15) is 21.2 Å². The Bertz CT molecular complexity index is 955. The number of thioether (sulfide) groups is 1. The normalized spacial score (nSPS) is 19.2. The lowest BCUT2D eigenvalue weighted by atomic mass is 9.81. The minimum absolute atomic E-state index is 0.0183. The summed E-state index contributed by atoms with van der Waals surface area (Å²) in [5.41, 5.74) is 0.737. The third-order valence-electron chi connectivity index (χ3n) is 6.14. The van der Waals surface area contributed by atoms with E-state index in [1.807, 2.05) is 13.8 Å². The number of hydrogen-bond acceptors (Lipinski definition) is 6. The van der Waals surface area contributed by atoms with Gasteiger partial charge in [0.2, 0.25) is 5.91 Å². The predicted molar refractivity (Wildman–Crippen MR) is 114 cm³/mol. The Balaban J connectivity index is 1.61. The van der Waals surface area contributed by atoms with E-state index in [-0.39, 0.29) is 11.2 Å². The number of nitriles is 1. The second-order valence-corrected chi connectivity index (χ2v) is 10.4. The molecule has 1 saturated carbocycles. The highest BCUT2D eigenvalue weighted by molar-refractivity contribution is 8.00. The minimum Gasteiger partial charge on any atom is -0.326 e. The van der Waals surface area contributed by atoms with Crippen LogP contribution in [0.2, 0.25) is 0 Å². The van der Waals surface area contributed by atoms with Crippen LogP contribution in [-0.4, -0.2) is 38.6 Å². The fraction of sp³-hybridized carbons (Fsp3) is 0.619. The Morgan fingerprint density at radius 1 is 1.25 bits per heavy atom. The van der Waals surface area contributed by atoms with Crippen LogP contribution in [0.25, 0.3) is 10.2 Å². The molecule has 0 unspecified atom stereocenters. The Labute approximate surface area is 174 Å². The molecule has 0 N–H and O–H groups in total. The summed E-state index contributed by atoms with van der Waals surface area (Å²) in [4.78, 5) is 26.8. The average molecular weight is 415 g/mol. The maximum Gasteiger partial charge on any atom is 0.236 e. The number of aromatic nitrogens is 2. The van der Waals surface area contributed by atoms with Crippen molar-refractivity contribution in [3.8, 4) is 6.07 Å². The highest BCUT2D eigenvalue weighted by Gasteiger charge is 2.40. The fourth-order valence-electron chi connectivity index (χ4n) is 4.51. The van der Waals surface area contributed by atoms with Crippen LogP contribution in [0.5, 0.6) is 0 Å². The van der Waals surface area contributed by atoms with E-state index >= 15 is 0 Å². The largest absolute Gasteiger partial charge is 0.326 e. The molecule has 28 heavy (non-hydrogen) atoms. The van der Waals surface area contributed by atoms with Crippen LogP contribution < -0.4 is 0 Å². The molecule has 1 amide bonds. The summed E-state index contributed by atoms with van der Waals surface area (Å²) >= 11 is 3.30. The Hall–Kier alpha value is -1.65. The van der Waals surface area contributed by atoms with Crippen molar-refractivity contribution in [3.63, 3.8) is 0 Å². The lowest BCUT2D eigenvalue weighted by molar-refractivity contribution is -0.133. The molecule has 2 aromatic heterocycles. The van der Waals surface area contributed by atoms with Gasteiger partial charge in [-0.2, -0.15) is 5.26 Å². The number of hydrogen-bond donors (Lipinski definition) is 0. The van der Waals surface area contributed by atoms with E-state index < -0.39 is 5.54 Å². The quantitative estimate of drug-likeness (QED) is 0.538. The highest BCUT2D eigenvalue weighted by atomic mass is 32.2. The topological polar surface area (TPSA) is 69.9 Å². The maximum absolute atomic E-state index is 13.2. The molecule has 1 atom stereocenters. The predicted octanol–water partition coefficient (Wildman–Crippen LogP) is 4.65. The van der Waals surface area contributed by atoms with Crippen molar-refractivity contribution in [1.82, 2.24) is 14.9 Å². The van der Waals surface area contributed by atoms with Crippen molar-refractivity contribution in [2.24, 2.45) is 0 Å². The van der Waals surface area contributed by atoms with Crippen LogP contribution in [0.1, 0.15) is 61.7 Å². The monoisotopic (exact) mass is 414 g/mol. The lowest BCUT2D eigenvalue weighted by Gasteiger charge is -2.40. The first-order valence-corrected chi connectivity index (χ1v) is 11.8. The van der Waals surface area contributed by atoms with Crippen molar-refractivity contribution in [2.75, 3.05) is 7.05 Å². The molecule has 2 heterocycles. The number of carbonyl (C=O) groups excluding carboxylic acids is 1. The number of amides is 1. The smallest absolute Gasteiger partial charge is 0.236 e. The van der Waals surface area contributed by atoms with E-state index in [9.17, 15) is 10.1 Å². The molecule has 7 heteroatoms. The molecule has 2 aromatic rings. The molecule has 148 valence electrons. The minimum atomic E-state index is -0.648. The van der Waals surface area contributed by atoms with Crippen LogP contribution in [0.15, 0.2) is 5.03 Å². The first-order valence-electron chi connectivity index (χ1n) is 10.1. The van der Waals surface area contributed by atoms with Gasteiger partial charge in [-0.05, 0) is 51.5 Å². The summed E-state index contributed by atoms with van der Waals surface area (Å²) in [6.07, 6.45) is 8.12. The molecular weight excluding hydrogens is 388 g/mol. The average Bonchev–Trinajstić information content (AvgIpc) is 3.27. The first kappa shape index (κ1) is 19.7. The van der Waals surface area contributed by atoms with Gasteiger partial charge < -0.3 is 4.90 Å². The summed E-state index contributed by atoms with van der Waals surface area (Å²) in [7, 11) is 1.80. The van der Waals surface area contributed by atoms with E-state index in [4.69, 9.17) is 4.98 Å². The van der Waals surface area contributed by atoms with Crippen LogP contribution in [-0.2, 0) is 17.6 Å². The van der Waals surface area contributed by atoms with E-state index in [2.05, 4.69) is 11.1 Å². The van der Waals surface area contributed by atoms with Gasteiger partial charge in [-0.1, -0.05) is 31.0 Å². The van der Waals surface area contributed by atoms with E-state index in [1.54, 1.807) is 23.3 Å². The van der Waals surface area contributed by atoms with Crippen LogP contribution >= 0.6 is 23.1 Å². The van der Waals surface area contributed by atoms with Gasteiger partial charge in [-0.25, -0.2) is 9.97 Å². The Morgan fingerprint density at radius 3 is 2.71 bits per heavy atom. The third-order valence-corrected chi connectivity index (χ3v) is 8.40. The molecule has 5 nitrogen and oxygen atoms in total. The second-order valence-electron chi connectivity index (χ2n) is 7.97. The number of thiophene rings is 1. The van der Waals surface area contributed by atoms with Gasteiger partial charge in [0, 0.05) is 17.3 Å². The molecule has 0 bridgehead atoms. The molecule has 0 aliphatic heterocycles. The van der Waals surface area contributed by atoms with E-state index in [0.29, 0.717) is 0 Å². The number of aryl methyl sites for hydroxylation is 3. The summed E-state index contributed by atoms with van der Waals surface area (Å²) in [6.45, 7) is 3.85. The summed E-state index contributed by atoms with van der Waals surface area (Å²) in [6, 6.07) is 2.46. The number of carbonyl (C=O) groups is 1. The molecule has 0 saturated heterocycles. The van der Waals surface area contributed by atoms with Gasteiger partial charge in [0.15, 0.2) is 0 Å². The third kappa shape index (κ3) is 3.31. The zero-order valence-corrected chi connectivity index (χ0v) is 18.4. The fourth-order valence-corrected chi connectivity index (χ4v) is 7.00. The first-order chi connectivity index (χ1) is 13.4. The molecule has 0 spiro atoms. The SMILES string of the molecule is Cc1nc(S[C@H](C)C(=O)N(C)C2(C#N)CCCCC2)c2c3c(sc2n1)CCC3. The van der Waals surface area contributed by atoms with Crippen LogP contribution in [0.3, 0.4) is 0 Å². The number of nitrogens with zero attached hydrogens (tertiary/aromatic N) is 4. The molecule has 0 radical (unpaired) electrons. The molecule has 0 aromatic carbocycles. The standard InChI is InChI=1S/C21H26N4OS2/c1-13(20(26)25(3)21(12-22)10-5-4-6-11-21)27-18-17-15-8-7-9-16(15)28-19(17)24-14(2)23-18/h13H,4-11H2,1-3H3/t13-/m1/s1. The zero-order valence-electron chi connectivity index (χ0n) is 16.7. The molecule has 2 aliphatic rings. The highest BCUT2D eigenvalue weighted by Crippen LogP contribution is 2.42. The van der Waals surface area contributed by atoms with Crippen molar-refractivity contribution < 1.29 is 4.79 Å². The van der Waals surface area contributed by atoms with Crippen molar-refractivity contribution in [2.45, 2.75) is 81.0 Å². The molecule has 2 aliphatic carbocycles. The van der Waals surface area contributed by atoms with Crippen LogP contribution in [0.4, 0.5) is 0 Å². The number of rotatable bonds is 4. The Morgan fingerprint density at radius 2 is 2.00 bits per heavy atom. The van der Waals surface area contributed by atoms with Gasteiger partial charge in [0.25, 0.3) is 0 Å². The summed E-state index contributed by atoms with van der Waals surface area (Å²) in [5.74, 6) is 0.772. The second kappa shape index (κ2) is 7.64. The Kier molecular flexibility index (Phi) is 5.36.